The molecule has 0 aliphatic carbocycles. The maximum absolute atomic E-state index is 11.6. The largest absolute Gasteiger partial charge is 0.504 e. The van der Waals surface area contributed by atoms with Crippen molar-refractivity contribution in [3.05, 3.63) is 17.7 Å². The van der Waals surface area contributed by atoms with Crippen LogP contribution in [0, 0.1) is 0 Å². The smallest absolute Gasteiger partial charge is 0.347 e. The maximum Gasteiger partial charge on any atom is 0.347 e. The highest BCUT2D eigenvalue weighted by molar-refractivity contribution is 5.75. The van der Waals surface area contributed by atoms with Crippen molar-refractivity contribution in [2.45, 2.75) is 25.9 Å². The molecule has 1 aliphatic rings. The molecule has 0 amide bonds. The van der Waals surface area contributed by atoms with E-state index in [-0.39, 0.29) is 11.7 Å². The lowest BCUT2D eigenvalue weighted by atomic mass is 10.0. The van der Waals surface area contributed by atoms with E-state index in [2.05, 4.69) is 0 Å². The molecule has 18 heavy (non-hydrogen) atoms. The van der Waals surface area contributed by atoms with Gasteiger partial charge in [-0.25, -0.2) is 4.79 Å². The molecule has 0 spiro atoms. The Kier molecular flexibility index (Phi) is 3.60. The van der Waals surface area contributed by atoms with Crippen molar-refractivity contribution in [1.29, 1.82) is 0 Å². The minimum Gasteiger partial charge on any atom is -0.504 e. The highest BCUT2D eigenvalue weighted by atomic mass is 16.6. The Morgan fingerprint density at radius 1 is 1.56 bits per heavy atom. The lowest BCUT2D eigenvalue weighted by Gasteiger charge is -2.25. The van der Waals surface area contributed by atoms with E-state index in [1.807, 2.05) is 0 Å². The van der Waals surface area contributed by atoms with E-state index >= 15 is 0 Å². The number of esters is 1. The molecule has 1 aromatic rings. The molecule has 98 valence electrons. The third-order valence-electron chi connectivity index (χ3n) is 2.86. The number of rotatable bonds is 3. The molecule has 1 aromatic carbocycles. The second-order valence-electron chi connectivity index (χ2n) is 4.03. The van der Waals surface area contributed by atoms with Crippen molar-refractivity contribution in [2.75, 3.05) is 13.7 Å². The number of benzene rings is 1. The molecule has 5 heteroatoms. The fraction of sp³-hybridized carbons (Fsp3) is 0.462. The summed E-state index contributed by atoms with van der Waals surface area (Å²) in [6, 6.07) is 3.20. The summed E-state index contributed by atoms with van der Waals surface area (Å²) < 4.78 is 15.5. The summed E-state index contributed by atoms with van der Waals surface area (Å²) in [5.74, 6) is 0.559. The first kappa shape index (κ1) is 12.5. The highest BCUT2D eigenvalue weighted by Gasteiger charge is 2.28. The zero-order valence-corrected chi connectivity index (χ0v) is 10.4. The first-order chi connectivity index (χ1) is 8.65. The summed E-state index contributed by atoms with van der Waals surface area (Å²) in [4.78, 5) is 11.6. The maximum atomic E-state index is 11.6. The van der Waals surface area contributed by atoms with E-state index in [9.17, 15) is 9.90 Å². The van der Waals surface area contributed by atoms with Gasteiger partial charge in [-0.2, -0.15) is 0 Å². The van der Waals surface area contributed by atoms with Crippen molar-refractivity contribution in [3.8, 4) is 17.2 Å². The van der Waals surface area contributed by atoms with Crippen LogP contribution in [0.1, 0.15) is 18.9 Å². The standard InChI is InChI=1S/C13H16O5/c1-3-17-13(15)10-5-4-8-6-12(16-2)9(14)7-11(8)18-10/h6-7,10,14H,3-5H2,1-2H3. The number of hydrogen-bond donors (Lipinski definition) is 1. The van der Waals surface area contributed by atoms with Gasteiger partial charge in [-0.05, 0) is 31.4 Å². The summed E-state index contributed by atoms with van der Waals surface area (Å²) >= 11 is 0. The molecular formula is C13H16O5. The van der Waals surface area contributed by atoms with Gasteiger partial charge in [0.25, 0.3) is 0 Å². The molecule has 1 atom stereocenters. The number of fused-ring (bicyclic) bond motifs is 1. The van der Waals surface area contributed by atoms with E-state index in [1.165, 1.54) is 13.2 Å². The topological polar surface area (TPSA) is 65.0 Å². The molecule has 0 bridgehead atoms. The van der Waals surface area contributed by atoms with Crippen LogP contribution >= 0.6 is 0 Å². The van der Waals surface area contributed by atoms with Gasteiger partial charge in [0.1, 0.15) is 5.75 Å². The first-order valence-electron chi connectivity index (χ1n) is 5.89. The van der Waals surface area contributed by atoms with Crippen LogP contribution in [0.3, 0.4) is 0 Å². The number of aromatic hydroxyl groups is 1. The molecule has 1 unspecified atom stereocenters. The van der Waals surface area contributed by atoms with Gasteiger partial charge in [-0.3, -0.25) is 0 Å². The molecule has 0 aromatic heterocycles. The number of ether oxygens (including phenoxy) is 3. The van der Waals surface area contributed by atoms with Gasteiger partial charge in [0.2, 0.25) is 0 Å². The fourth-order valence-electron chi connectivity index (χ4n) is 1.96. The zero-order valence-electron chi connectivity index (χ0n) is 10.4. The SMILES string of the molecule is CCOC(=O)C1CCc2cc(OC)c(O)cc2O1. The number of methoxy groups -OCH3 is 1. The summed E-state index contributed by atoms with van der Waals surface area (Å²) in [7, 11) is 1.49. The van der Waals surface area contributed by atoms with Crippen LogP contribution in [0.4, 0.5) is 0 Å². The van der Waals surface area contributed by atoms with Crippen molar-refractivity contribution in [1.82, 2.24) is 0 Å². The van der Waals surface area contributed by atoms with Crippen LogP contribution in [0.2, 0.25) is 0 Å². The number of phenols is 1. The Balaban J connectivity index is 2.19. The van der Waals surface area contributed by atoms with Crippen LogP contribution in [-0.4, -0.2) is 30.9 Å². The predicted octanol–water partition coefficient (Wildman–Crippen LogP) is 1.66. The molecule has 1 N–H and O–H groups in total. The average molecular weight is 252 g/mol. The molecule has 2 rings (SSSR count). The molecular weight excluding hydrogens is 236 g/mol. The van der Waals surface area contributed by atoms with E-state index in [0.717, 1.165) is 5.56 Å². The highest BCUT2D eigenvalue weighted by Crippen LogP contribution is 2.37. The Morgan fingerprint density at radius 2 is 2.33 bits per heavy atom. The van der Waals surface area contributed by atoms with Crippen LogP contribution in [0.25, 0.3) is 0 Å². The second-order valence-corrected chi connectivity index (χ2v) is 4.03. The average Bonchev–Trinajstić information content (AvgIpc) is 2.37. The molecule has 1 aliphatic heterocycles. The first-order valence-corrected chi connectivity index (χ1v) is 5.89. The van der Waals surface area contributed by atoms with E-state index in [1.54, 1.807) is 13.0 Å². The van der Waals surface area contributed by atoms with Gasteiger partial charge >= 0.3 is 5.97 Å². The second kappa shape index (κ2) is 5.16. The molecule has 0 radical (unpaired) electrons. The quantitative estimate of drug-likeness (QED) is 0.829. The van der Waals surface area contributed by atoms with E-state index in [4.69, 9.17) is 14.2 Å². The third-order valence-corrected chi connectivity index (χ3v) is 2.86. The van der Waals surface area contributed by atoms with Gasteiger partial charge in [0.05, 0.1) is 13.7 Å². The van der Waals surface area contributed by atoms with Crippen LogP contribution in [0.15, 0.2) is 12.1 Å². The summed E-state index contributed by atoms with van der Waals surface area (Å²) in [5.41, 5.74) is 0.921. The fourth-order valence-corrected chi connectivity index (χ4v) is 1.96. The van der Waals surface area contributed by atoms with Crippen LogP contribution in [-0.2, 0) is 16.0 Å². The summed E-state index contributed by atoms with van der Waals surface area (Å²) in [6.07, 6.45) is 0.667. The van der Waals surface area contributed by atoms with Crippen molar-refractivity contribution in [2.24, 2.45) is 0 Å². The molecule has 0 saturated heterocycles. The number of carbonyl (C=O) groups is 1. The van der Waals surface area contributed by atoms with Crippen molar-refractivity contribution in [3.63, 3.8) is 0 Å². The Labute approximate surface area is 105 Å². The molecule has 0 fully saturated rings. The van der Waals surface area contributed by atoms with Crippen LogP contribution in [0.5, 0.6) is 17.2 Å². The lowest BCUT2D eigenvalue weighted by Crippen LogP contribution is -2.32. The zero-order chi connectivity index (χ0) is 13.1. The Morgan fingerprint density at radius 3 is 3.00 bits per heavy atom. The van der Waals surface area contributed by atoms with Gasteiger partial charge in [-0.15, -0.1) is 0 Å². The predicted molar refractivity (Wildman–Crippen MR) is 64.0 cm³/mol. The number of hydrogen-bond acceptors (Lipinski definition) is 5. The minimum atomic E-state index is -0.592. The van der Waals surface area contributed by atoms with Gasteiger partial charge in [0, 0.05) is 6.07 Å². The summed E-state index contributed by atoms with van der Waals surface area (Å²) in [6.45, 7) is 2.09. The van der Waals surface area contributed by atoms with Crippen molar-refractivity contribution >= 4 is 5.97 Å². The molecule has 5 nitrogen and oxygen atoms in total. The lowest BCUT2D eigenvalue weighted by molar-refractivity contribution is -0.152. The van der Waals surface area contributed by atoms with Gasteiger partial charge in [-0.1, -0.05) is 0 Å². The third kappa shape index (κ3) is 2.34. The minimum absolute atomic E-state index is 0.000703. The number of phenolic OH excluding ortho intramolecular Hbond substituents is 1. The van der Waals surface area contributed by atoms with Crippen molar-refractivity contribution < 1.29 is 24.1 Å². The summed E-state index contributed by atoms with van der Waals surface area (Å²) in [5, 5.41) is 9.67. The number of carbonyl (C=O) groups excluding carboxylic acids is 1. The monoisotopic (exact) mass is 252 g/mol. The van der Waals surface area contributed by atoms with E-state index in [0.29, 0.717) is 30.9 Å². The molecule has 1 heterocycles. The van der Waals surface area contributed by atoms with Gasteiger partial charge in [0.15, 0.2) is 17.6 Å². The normalized spacial score (nSPS) is 17.6. The Hall–Kier alpha value is -1.91. The van der Waals surface area contributed by atoms with Gasteiger partial charge < -0.3 is 19.3 Å². The molecule has 0 saturated carbocycles. The van der Waals surface area contributed by atoms with E-state index < -0.39 is 6.10 Å². The Bertz CT molecular complexity index is 455. The van der Waals surface area contributed by atoms with Crippen LogP contribution < -0.4 is 9.47 Å². The number of aryl methyl sites for hydroxylation is 1.